The van der Waals surface area contributed by atoms with Crippen LogP contribution in [0.1, 0.15) is 37.7 Å². The van der Waals surface area contributed by atoms with Crippen molar-refractivity contribution in [2.45, 2.75) is 43.4 Å². The molecule has 1 saturated heterocycles. The number of hydrogen-bond donors (Lipinski definition) is 1. The number of aromatic nitrogens is 1. The lowest BCUT2D eigenvalue weighted by molar-refractivity contribution is 0.0358. The Bertz CT molecular complexity index is 1170. The molecule has 0 atom stereocenters. The number of piperidine rings is 1. The van der Waals surface area contributed by atoms with E-state index >= 15 is 0 Å². The second-order valence-electron chi connectivity index (χ2n) is 9.58. The minimum Gasteiger partial charge on any atom is -0.497 e. The van der Waals surface area contributed by atoms with Crippen LogP contribution in [0.5, 0.6) is 5.75 Å². The molecule has 4 nitrogen and oxygen atoms in total. The fourth-order valence-corrected chi connectivity index (χ4v) is 6.16. The van der Waals surface area contributed by atoms with Gasteiger partial charge in [0.25, 0.3) is 0 Å². The number of aliphatic hydroxyl groups is 1. The first-order chi connectivity index (χ1) is 17.4. The quantitative estimate of drug-likeness (QED) is 0.218. The van der Waals surface area contributed by atoms with Crippen molar-refractivity contribution in [1.82, 2.24) is 9.88 Å². The highest BCUT2D eigenvalue weighted by Crippen LogP contribution is 2.37. The number of methoxy groups -OCH3 is 1. The zero-order valence-corrected chi connectivity index (χ0v) is 22.2. The van der Waals surface area contributed by atoms with Crippen LogP contribution in [0.4, 0.5) is 8.78 Å². The van der Waals surface area contributed by atoms with Crippen LogP contribution in [-0.2, 0) is 6.42 Å². The summed E-state index contributed by atoms with van der Waals surface area (Å²) < 4.78 is 32.5. The number of nitrogens with zero attached hydrogens (tertiary/aromatic N) is 2. The van der Waals surface area contributed by atoms with Crippen molar-refractivity contribution >= 4 is 34.3 Å². The molecule has 0 spiro atoms. The van der Waals surface area contributed by atoms with Gasteiger partial charge in [-0.25, -0.2) is 8.78 Å². The molecule has 4 rings (SSSR count). The number of benzene rings is 2. The van der Waals surface area contributed by atoms with E-state index in [9.17, 15) is 13.9 Å². The van der Waals surface area contributed by atoms with Crippen molar-refractivity contribution in [2.75, 3.05) is 39.1 Å². The molecule has 0 aliphatic carbocycles. The van der Waals surface area contributed by atoms with Gasteiger partial charge >= 0.3 is 0 Å². The third-order valence-corrected chi connectivity index (χ3v) is 8.76. The van der Waals surface area contributed by atoms with Crippen LogP contribution >= 0.6 is 23.4 Å². The molecule has 0 saturated carbocycles. The first-order valence-electron chi connectivity index (χ1n) is 12.5. The summed E-state index contributed by atoms with van der Waals surface area (Å²) in [6.07, 6.45) is 7.23. The van der Waals surface area contributed by atoms with E-state index in [0.29, 0.717) is 9.92 Å². The monoisotopic (exact) mass is 534 g/mol. The van der Waals surface area contributed by atoms with E-state index in [-0.39, 0.29) is 12.0 Å². The summed E-state index contributed by atoms with van der Waals surface area (Å²) in [5.41, 5.74) is 1.92. The van der Waals surface area contributed by atoms with E-state index in [0.717, 1.165) is 92.2 Å². The molecule has 1 N–H and O–H groups in total. The van der Waals surface area contributed by atoms with Crippen LogP contribution in [0.3, 0.4) is 0 Å². The molecule has 0 amide bonds. The van der Waals surface area contributed by atoms with Gasteiger partial charge in [0.1, 0.15) is 5.75 Å². The molecule has 1 aliphatic rings. The molecule has 1 aromatic heterocycles. The number of likely N-dealkylation sites (tertiary alicyclic amines) is 1. The molecule has 0 unspecified atom stereocenters. The molecule has 1 fully saturated rings. The highest BCUT2D eigenvalue weighted by Gasteiger charge is 2.33. The number of halogens is 3. The van der Waals surface area contributed by atoms with Gasteiger partial charge in [0.05, 0.1) is 17.6 Å². The molecule has 1 aliphatic heterocycles. The number of ether oxygens (including phenoxy) is 1. The molecule has 3 aromatic rings. The molecule has 0 bridgehead atoms. The topological polar surface area (TPSA) is 45.6 Å². The maximum Gasteiger partial charge on any atom is 0.172 e. The van der Waals surface area contributed by atoms with Crippen LogP contribution in [0.15, 0.2) is 47.5 Å². The van der Waals surface area contributed by atoms with Gasteiger partial charge in [-0.1, -0.05) is 17.7 Å². The average molecular weight is 535 g/mol. The van der Waals surface area contributed by atoms with Gasteiger partial charge < -0.3 is 14.7 Å². The Morgan fingerprint density at radius 3 is 2.72 bits per heavy atom. The first-order valence-corrected chi connectivity index (χ1v) is 13.8. The van der Waals surface area contributed by atoms with Gasteiger partial charge in [-0.05, 0) is 105 Å². The number of hydrogen-bond acceptors (Lipinski definition) is 5. The van der Waals surface area contributed by atoms with Crippen molar-refractivity contribution < 1.29 is 18.6 Å². The van der Waals surface area contributed by atoms with E-state index in [4.69, 9.17) is 16.3 Å². The Labute approximate surface area is 221 Å². The van der Waals surface area contributed by atoms with Crippen molar-refractivity contribution in [1.29, 1.82) is 0 Å². The van der Waals surface area contributed by atoms with Crippen LogP contribution in [0.2, 0.25) is 5.02 Å². The van der Waals surface area contributed by atoms with Crippen molar-refractivity contribution in [3.63, 3.8) is 0 Å². The van der Waals surface area contributed by atoms with Crippen molar-refractivity contribution in [2.24, 2.45) is 5.41 Å². The van der Waals surface area contributed by atoms with E-state index in [1.807, 2.05) is 18.2 Å². The lowest BCUT2D eigenvalue weighted by Crippen LogP contribution is -2.42. The Hall–Kier alpha value is -1.93. The molecule has 0 radical (unpaired) electrons. The van der Waals surface area contributed by atoms with E-state index in [1.165, 1.54) is 11.8 Å². The lowest BCUT2D eigenvalue weighted by Gasteiger charge is -2.41. The molecule has 36 heavy (non-hydrogen) atoms. The average Bonchev–Trinajstić information content (AvgIpc) is 2.90. The second kappa shape index (κ2) is 12.5. The third kappa shape index (κ3) is 6.49. The van der Waals surface area contributed by atoms with Crippen molar-refractivity contribution in [3.8, 4) is 5.75 Å². The highest BCUT2D eigenvalue weighted by atomic mass is 35.5. The molecule has 2 heterocycles. The van der Waals surface area contributed by atoms with Crippen LogP contribution in [-0.4, -0.2) is 54.1 Å². The third-order valence-electron chi connectivity index (χ3n) is 7.31. The van der Waals surface area contributed by atoms with E-state index in [2.05, 4.69) is 9.88 Å². The number of fused-ring (bicyclic) bond motifs is 1. The second-order valence-corrected chi connectivity index (χ2v) is 11.1. The van der Waals surface area contributed by atoms with Gasteiger partial charge in [-0.2, -0.15) is 0 Å². The zero-order chi connectivity index (χ0) is 25.5. The number of pyridine rings is 1. The minimum absolute atomic E-state index is 0.0665. The van der Waals surface area contributed by atoms with Crippen LogP contribution in [0, 0.1) is 17.0 Å². The predicted molar refractivity (Wildman–Crippen MR) is 143 cm³/mol. The molecule has 194 valence electrons. The SMILES string of the molecule is COc1ccc2ncc(Cl)c(CCCC3(CO)CCN(CCCSc4cccc(F)c4F)CC3)c2c1. The first kappa shape index (κ1) is 27.1. The van der Waals surface area contributed by atoms with E-state index < -0.39 is 11.6 Å². The van der Waals surface area contributed by atoms with E-state index in [1.54, 1.807) is 25.4 Å². The summed E-state index contributed by atoms with van der Waals surface area (Å²) in [6.45, 7) is 2.99. The summed E-state index contributed by atoms with van der Waals surface area (Å²) >= 11 is 7.89. The summed E-state index contributed by atoms with van der Waals surface area (Å²) in [4.78, 5) is 7.22. The fourth-order valence-electron chi connectivity index (χ4n) is 5.03. The molecular formula is C28H33ClF2N2O2S. The van der Waals surface area contributed by atoms with Gasteiger partial charge in [-0.3, -0.25) is 4.98 Å². The molecule has 8 heteroatoms. The van der Waals surface area contributed by atoms with Gasteiger partial charge in [0.15, 0.2) is 11.6 Å². The smallest absolute Gasteiger partial charge is 0.172 e. The normalized spacial score (nSPS) is 15.9. The number of thioether (sulfide) groups is 1. The van der Waals surface area contributed by atoms with Crippen LogP contribution in [0.25, 0.3) is 10.9 Å². The van der Waals surface area contributed by atoms with Gasteiger partial charge in [0, 0.05) is 23.1 Å². The molecular weight excluding hydrogens is 502 g/mol. The number of aliphatic hydroxyl groups excluding tert-OH is 1. The predicted octanol–water partition coefficient (Wildman–Crippen LogP) is 6.75. The number of rotatable bonds is 11. The largest absolute Gasteiger partial charge is 0.497 e. The lowest BCUT2D eigenvalue weighted by atomic mass is 9.75. The Kier molecular flexibility index (Phi) is 9.45. The highest BCUT2D eigenvalue weighted by molar-refractivity contribution is 7.99. The Balaban J connectivity index is 1.25. The maximum atomic E-state index is 13.8. The summed E-state index contributed by atoms with van der Waals surface area (Å²) in [7, 11) is 1.65. The minimum atomic E-state index is -0.796. The van der Waals surface area contributed by atoms with Gasteiger partial charge in [-0.15, -0.1) is 11.8 Å². The standard InChI is InChI=1S/C28H33ClF2N2O2S/c1-35-20-8-9-25-22(17-20)21(23(29)18-32-25)5-3-10-28(19-34)11-14-33(15-12-28)13-4-16-36-26-7-2-6-24(30)27(26)31/h2,6-9,17-18,34H,3-5,10-16,19H2,1H3. The Morgan fingerprint density at radius 2 is 1.97 bits per heavy atom. The fraction of sp³-hybridized carbons (Fsp3) is 0.464. The summed E-state index contributed by atoms with van der Waals surface area (Å²) in [5, 5.41) is 12.0. The maximum absolute atomic E-state index is 13.8. The summed E-state index contributed by atoms with van der Waals surface area (Å²) in [5.74, 6) is -0.0247. The van der Waals surface area contributed by atoms with Gasteiger partial charge in [0.2, 0.25) is 0 Å². The zero-order valence-electron chi connectivity index (χ0n) is 20.6. The van der Waals surface area contributed by atoms with Crippen LogP contribution < -0.4 is 4.74 Å². The number of aryl methyl sites for hydroxylation is 1. The Morgan fingerprint density at radius 1 is 1.17 bits per heavy atom. The van der Waals surface area contributed by atoms with Crippen molar-refractivity contribution in [3.05, 3.63) is 64.8 Å². The summed E-state index contributed by atoms with van der Waals surface area (Å²) in [6, 6.07) is 10.2. The molecule has 2 aromatic carbocycles.